The van der Waals surface area contributed by atoms with Crippen molar-refractivity contribution in [1.82, 2.24) is 0 Å². The SMILES string of the molecule is COC(CCO)CC(O)C(Br)CBr. The molecule has 0 amide bonds. The van der Waals surface area contributed by atoms with E-state index in [9.17, 15) is 5.11 Å². The summed E-state index contributed by atoms with van der Waals surface area (Å²) in [4.78, 5) is 0.0313. The highest BCUT2D eigenvalue weighted by Crippen LogP contribution is 2.16. The number of rotatable bonds is 7. The molecule has 80 valence electrons. The van der Waals surface area contributed by atoms with Crippen molar-refractivity contribution in [2.24, 2.45) is 0 Å². The number of halogens is 2. The third-order valence-corrected chi connectivity index (χ3v) is 4.35. The fraction of sp³-hybridized carbons (Fsp3) is 1.00. The number of aliphatic hydroxyl groups is 2. The first-order chi connectivity index (χ1) is 6.15. The Hall–Kier alpha value is 0.840. The van der Waals surface area contributed by atoms with Crippen LogP contribution in [0.3, 0.4) is 0 Å². The molecule has 5 heteroatoms. The third kappa shape index (κ3) is 6.01. The van der Waals surface area contributed by atoms with E-state index in [4.69, 9.17) is 9.84 Å². The minimum Gasteiger partial charge on any atom is -0.396 e. The highest BCUT2D eigenvalue weighted by molar-refractivity contribution is 9.12. The lowest BCUT2D eigenvalue weighted by Gasteiger charge is -2.20. The number of ether oxygens (including phenoxy) is 1. The number of hydrogen-bond acceptors (Lipinski definition) is 3. The van der Waals surface area contributed by atoms with Crippen LogP contribution in [0.4, 0.5) is 0 Å². The monoisotopic (exact) mass is 318 g/mol. The molecule has 0 rings (SSSR count). The summed E-state index contributed by atoms with van der Waals surface area (Å²) < 4.78 is 5.10. The van der Waals surface area contributed by atoms with E-state index in [-0.39, 0.29) is 17.5 Å². The molecule has 13 heavy (non-hydrogen) atoms. The second-order valence-electron chi connectivity index (χ2n) is 2.84. The summed E-state index contributed by atoms with van der Waals surface area (Å²) in [7, 11) is 1.59. The van der Waals surface area contributed by atoms with E-state index >= 15 is 0 Å². The summed E-state index contributed by atoms with van der Waals surface area (Å²) in [5.41, 5.74) is 0. The number of aliphatic hydroxyl groups excluding tert-OH is 2. The molecule has 0 aromatic rings. The predicted octanol–water partition coefficient (Wildman–Crippen LogP) is 1.29. The van der Waals surface area contributed by atoms with Crippen molar-refractivity contribution < 1.29 is 14.9 Å². The zero-order chi connectivity index (χ0) is 10.3. The van der Waals surface area contributed by atoms with Gasteiger partial charge in [-0.1, -0.05) is 31.9 Å². The molecule has 0 radical (unpaired) electrons. The van der Waals surface area contributed by atoms with E-state index in [1.807, 2.05) is 0 Å². The van der Waals surface area contributed by atoms with Gasteiger partial charge in [0.15, 0.2) is 0 Å². The van der Waals surface area contributed by atoms with Crippen molar-refractivity contribution in [3.8, 4) is 0 Å². The van der Waals surface area contributed by atoms with Crippen molar-refractivity contribution >= 4 is 31.9 Å². The fourth-order valence-electron chi connectivity index (χ4n) is 0.996. The lowest BCUT2D eigenvalue weighted by molar-refractivity contribution is 0.0318. The number of alkyl halides is 2. The predicted molar refractivity (Wildman–Crippen MR) is 59.6 cm³/mol. The van der Waals surface area contributed by atoms with E-state index in [2.05, 4.69) is 31.9 Å². The van der Waals surface area contributed by atoms with Gasteiger partial charge in [0.1, 0.15) is 0 Å². The summed E-state index contributed by atoms with van der Waals surface area (Å²) in [6.45, 7) is 0.0898. The molecule has 0 aliphatic carbocycles. The Bertz CT molecular complexity index is 124. The van der Waals surface area contributed by atoms with Gasteiger partial charge < -0.3 is 14.9 Å². The Morgan fingerprint density at radius 1 is 1.46 bits per heavy atom. The highest BCUT2D eigenvalue weighted by Gasteiger charge is 2.19. The van der Waals surface area contributed by atoms with Gasteiger partial charge in [-0.05, 0) is 6.42 Å². The van der Waals surface area contributed by atoms with Gasteiger partial charge in [0.05, 0.1) is 17.0 Å². The molecule has 3 nitrogen and oxygen atoms in total. The summed E-state index contributed by atoms with van der Waals surface area (Å²) in [6.07, 6.45) is 0.587. The third-order valence-electron chi connectivity index (χ3n) is 1.85. The number of methoxy groups -OCH3 is 1. The van der Waals surface area contributed by atoms with Crippen LogP contribution in [0, 0.1) is 0 Å². The standard InChI is InChI=1S/C8H16Br2O3/c1-13-6(2-3-11)4-8(12)7(10)5-9/h6-8,11-12H,2-5H2,1H3. The topological polar surface area (TPSA) is 49.7 Å². The molecule has 0 spiro atoms. The van der Waals surface area contributed by atoms with Crippen LogP contribution in [0.5, 0.6) is 0 Å². The van der Waals surface area contributed by atoms with Gasteiger partial charge in [-0.2, -0.15) is 0 Å². The molecule has 3 atom stereocenters. The largest absolute Gasteiger partial charge is 0.396 e. The van der Waals surface area contributed by atoms with Gasteiger partial charge in [-0.3, -0.25) is 0 Å². The summed E-state index contributed by atoms with van der Waals surface area (Å²) in [5, 5.41) is 19.0. The Labute approximate surface area is 95.7 Å². The lowest BCUT2D eigenvalue weighted by Crippen LogP contribution is -2.28. The normalized spacial score (nSPS) is 18.2. The van der Waals surface area contributed by atoms with Gasteiger partial charge in [-0.15, -0.1) is 0 Å². The van der Waals surface area contributed by atoms with Crippen LogP contribution in [0.2, 0.25) is 0 Å². The molecular weight excluding hydrogens is 304 g/mol. The van der Waals surface area contributed by atoms with Crippen LogP contribution in [0.15, 0.2) is 0 Å². The Morgan fingerprint density at radius 2 is 2.08 bits per heavy atom. The number of hydrogen-bond donors (Lipinski definition) is 2. The molecule has 3 unspecified atom stereocenters. The first kappa shape index (κ1) is 13.8. The first-order valence-electron chi connectivity index (χ1n) is 4.17. The summed E-state index contributed by atoms with van der Waals surface area (Å²) >= 11 is 6.61. The highest BCUT2D eigenvalue weighted by atomic mass is 79.9. The van der Waals surface area contributed by atoms with Crippen LogP contribution >= 0.6 is 31.9 Å². The quantitative estimate of drug-likeness (QED) is 0.695. The maximum absolute atomic E-state index is 9.61. The molecule has 0 saturated carbocycles. The molecule has 2 N–H and O–H groups in total. The lowest BCUT2D eigenvalue weighted by atomic mass is 10.1. The van der Waals surface area contributed by atoms with Gasteiger partial charge in [0.2, 0.25) is 0 Å². The minimum absolute atomic E-state index is 0.0313. The second-order valence-corrected chi connectivity index (χ2v) is 4.67. The molecule has 0 aliphatic heterocycles. The average Bonchev–Trinajstić information content (AvgIpc) is 2.15. The van der Waals surface area contributed by atoms with Crippen LogP contribution < -0.4 is 0 Å². The zero-order valence-electron chi connectivity index (χ0n) is 7.62. The summed E-state index contributed by atoms with van der Waals surface area (Å²) in [5.74, 6) is 0. The maximum atomic E-state index is 9.61. The molecule has 0 aliphatic rings. The van der Waals surface area contributed by atoms with Crippen molar-refractivity contribution in [2.45, 2.75) is 29.9 Å². The van der Waals surface area contributed by atoms with Gasteiger partial charge in [0, 0.05) is 25.5 Å². The average molecular weight is 320 g/mol. The van der Waals surface area contributed by atoms with E-state index in [0.717, 1.165) is 0 Å². The van der Waals surface area contributed by atoms with Crippen LogP contribution in [-0.4, -0.2) is 46.3 Å². The Morgan fingerprint density at radius 3 is 2.46 bits per heavy atom. The van der Waals surface area contributed by atoms with Crippen LogP contribution in [-0.2, 0) is 4.74 Å². The molecule has 0 bridgehead atoms. The minimum atomic E-state index is -0.448. The van der Waals surface area contributed by atoms with Crippen LogP contribution in [0.1, 0.15) is 12.8 Å². The van der Waals surface area contributed by atoms with Crippen molar-refractivity contribution in [2.75, 3.05) is 19.0 Å². The van der Waals surface area contributed by atoms with E-state index < -0.39 is 6.10 Å². The molecule has 0 aromatic heterocycles. The van der Waals surface area contributed by atoms with Gasteiger partial charge >= 0.3 is 0 Å². The molecule has 0 aromatic carbocycles. The van der Waals surface area contributed by atoms with Gasteiger partial charge in [0.25, 0.3) is 0 Å². The van der Waals surface area contributed by atoms with Crippen molar-refractivity contribution in [3.63, 3.8) is 0 Å². The van der Waals surface area contributed by atoms with E-state index in [1.54, 1.807) is 7.11 Å². The molecule has 0 heterocycles. The smallest absolute Gasteiger partial charge is 0.0698 e. The molecule has 0 saturated heterocycles. The Kier molecular flexibility index (Phi) is 8.70. The second kappa shape index (κ2) is 8.17. The zero-order valence-corrected chi connectivity index (χ0v) is 10.8. The maximum Gasteiger partial charge on any atom is 0.0698 e. The Balaban J connectivity index is 3.78. The molecular formula is C8H16Br2O3. The van der Waals surface area contributed by atoms with E-state index in [1.165, 1.54) is 0 Å². The van der Waals surface area contributed by atoms with Crippen molar-refractivity contribution in [1.29, 1.82) is 0 Å². The van der Waals surface area contributed by atoms with Crippen molar-refractivity contribution in [3.05, 3.63) is 0 Å². The van der Waals surface area contributed by atoms with Crippen LogP contribution in [0.25, 0.3) is 0 Å². The molecule has 0 fully saturated rings. The van der Waals surface area contributed by atoms with E-state index in [0.29, 0.717) is 18.2 Å². The summed E-state index contributed by atoms with van der Waals surface area (Å²) in [6, 6.07) is 0. The fourth-order valence-corrected chi connectivity index (χ4v) is 1.64. The van der Waals surface area contributed by atoms with Gasteiger partial charge in [-0.25, -0.2) is 0 Å². The first-order valence-corrected chi connectivity index (χ1v) is 6.21.